The summed E-state index contributed by atoms with van der Waals surface area (Å²) >= 11 is 0. The molecule has 0 bridgehead atoms. The minimum absolute atomic E-state index is 0.0486. The molecule has 3 aromatic rings. The molecule has 2 N–H and O–H groups in total. The average Bonchev–Trinajstić information content (AvgIpc) is 3.20. The SMILES string of the molecule is O=C(NCc1ccc(F)cc1)C1CCCN(C(=O)c2ccc3cc[nH]c3c2)C1. The third-order valence-corrected chi connectivity index (χ3v) is 5.26. The van der Waals surface area contributed by atoms with Crippen molar-refractivity contribution in [1.29, 1.82) is 0 Å². The number of H-pyrrole nitrogens is 1. The number of benzene rings is 2. The maximum absolute atomic E-state index is 13.0. The number of carbonyl (C=O) groups is 2. The van der Waals surface area contributed by atoms with Gasteiger partial charge in [-0.1, -0.05) is 18.2 Å². The van der Waals surface area contributed by atoms with Crippen molar-refractivity contribution in [2.75, 3.05) is 13.1 Å². The van der Waals surface area contributed by atoms with Crippen molar-refractivity contribution < 1.29 is 14.0 Å². The highest BCUT2D eigenvalue weighted by atomic mass is 19.1. The molecule has 1 unspecified atom stereocenters. The number of carbonyl (C=O) groups excluding carboxylic acids is 2. The van der Waals surface area contributed by atoms with Crippen LogP contribution in [0, 0.1) is 11.7 Å². The number of aromatic nitrogens is 1. The topological polar surface area (TPSA) is 65.2 Å². The number of nitrogens with zero attached hydrogens (tertiary/aromatic N) is 1. The summed E-state index contributed by atoms with van der Waals surface area (Å²) in [5.41, 5.74) is 2.40. The third kappa shape index (κ3) is 3.91. The fourth-order valence-corrected chi connectivity index (χ4v) is 3.67. The predicted molar refractivity (Wildman–Crippen MR) is 105 cm³/mol. The molecule has 28 heavy (non-hydrogen) atoms. The second-order valence-electron chi connectivity index (χ2n) is 7.21. The van der Waals surface area contributed by atoms with Gasteiger partial charge in [0.15, 0.2) is 0 Å². The maximum Gasteiger partial charge on any atom is 0.253 e. The smallest absolute Gasteiger partial charge is 0.253 e. The summed E-state index contributed by atoms with van der Waals surface area (Å²) in [5, 5.41) is 3.97. The van der Waals surface area contributed by atoms with E-state index >= 15 is 0 Å². The molecule has 1 atom stereocenters. The Hall–Kier alpha value is -3.15. The molecule has 0 radical (unpaired) electrons. The Bertz CT molecular complexity index is 996. The van der Waals surface area contributed by atoms with E-state index in [1.807, 2.05) is 30.5 Å². The van der Waals surface area contributed by atoms with Crippen LogP contribution in [-0.2, 0) is 11.3 Å². The van der Waals surface area contributed by atoms with Gasteiger partial charge in [-0.05, 0) is 54.1 Å². The second-order valence-corrected chi connectivity index (χ2v) is 7.21. The highest BCUT2D eigenvalue weighted by molar-refractivity contribution is 5.98. The molecule has 4 rings (SSSR count). The highest BCUT2D eigenvalue weighted by Crippen LogP contribution is 2.21. The number of hydrogen-bond donors (Lipinski definition) is 2. The van der Waals surface area contributed by atoms with Gasteiger partial charge < -0.3 is 15.2 Å². The van der Waals surface area contributed by atoms with Gasteiger partial charge in [0.25, 0.3) is 5.91 Å². The van der Waals surface area contributed by atoms with E-state index in [-0.39, 0.29) is 23.5 Å². The Labute approximate surface area is 162 Å². The molecule has 144 valence electrons. The maximum atomic E-state index is 13.0. The molecule has 2 aromatic carbocycles. The first-order valence-electron chi connectivity index (χ1n) is 9.49. The molecule has 1 aromatic heterocycles. The molecule has 2 heterocycles. The first-order valence-corrected chi connectivity index (χ1v) is 9.49. The van der Waals surface area contributed by atoms with Crippen LogP contribution in [0.1, 0.15) is 28.8 Å². The summed E-state index contributed by atoms with van der Waals surface area (Å²) in [6.45, 7) is 1.42. The molecule has 0 aliphatic carbocycles. The number of nitrogens with one attached hydrogen (secondary N) is 2. The van der Waals surface area contributed by atoms with Crippen LogP contribution >= 0.6 is 0 Å². The number of hydrogen-bond acceptors (Lipinski definition) is 2. The fraction of sp³-hybridized carbons (Fsp3) is 0.273. The fourth-order valence-electron chi connectivity index (χ4n) is 3.67. The third-order valence-electron chi connectivity index (χ3n) is 5.26. The molecule has 1 fully saturated rings. The first-order chi connectivity index (χ1) is 13.6. The van der Waals surface area contributed by atoms with Crippen LogP contribution in [0.2, 0.25) is 0 Å². The van der Waals surface area contributed by atoms with Crippen molar-refractivity contribution >= 4 is 22.7 Å². The molecule has 5 nitrogen and oxygen atoms in total. The molecule has 0 spiro atoms. The molecule has 1 saturated heterocycles. The molecule has 6 heteroatoms. The molecule has 0 saturated carbocycles. The number of likely N-dealkylation sites (tertiary alicyclic amines) is 1. The molecule has 1 aliphatic rings. The second kappa shape index (κ2) is 7.84. The van der Waals surface area contributed by atoms with Crippen LogP contribution in [0.5, 0.6) is 0 Å². The van der Waals surface area contributed by atoms with Gasteiger partial charge in [-0.3, -0.25) is 9.59 Å². The predicted octanol–water partition coefficient (Wildman–Crippen LogP) is 3.48. The lowest BCUT2D eigenvalue weighted by atomic mass is 9.96. The van der Waals surface area contributed by atoms with E-state index < -0.39 is 0 Å². The van der Waals surface area contributed by atoms with E-state index in [0.717, 1.165) is 29.3 Å². The molecular weight excluding hydrogens is 357 g/mol. The van der Waals surface area contributed by atoms with Crippen molar-refractivity contribution in [1.82, 2.24) is 15.2 Å². The zero-order valence-corrected chi connectivity index (χ0v) is 15.5. The lowest BCUT2D eigenvalue weighted by molar-refractivity contribution is -0.126. The van der Waals surface area contributed by atoms with E-state index in [0.29, 0.717) is 25.2 Å². The summed E-state index contributed by atoms with van der Waals surface area (Å²) in [4.78, 5) is 30.3. The van der Waals surface area contributed by atoms with Gasteiger partial charge in [-0.15, -0.1) is 0 Å². The molecule has 1 aliphatic heterocycles. The Morgan fingerprint density at radius 2 is 1.96 bits per heavy atom. The summed E-state index contributed by atoms with van der Waals surface area (Å²) in [5.74, 6) is -0.643. The number of aromatic amines is 1. The Balaban J connectivity index is 1.38. The minimum atomic E-state index is -0.297. The number of piperidine rings is 1. The van der Waals surface area contributed by atoms with E-state index in [2.05, 4.69) is 10.3 Å². The van der Waals surface area contributed by atoms with E-state index in [9.17, 15) is 14.0 Å². The van der Waals surface area contributed by atoms with E-state index in [1.54, 1.807) is 17.0 Å². The number of rotatable bonds is 4. The quantitative estimate of drug-likeness (QED) is 0.729. The van der Waals surface area contributed by atoms with Crippen LogP contribution in [0.25, 0.3) is 10.9 Å². The van der Waals surface area contributed by atoms with Crippen molar-refractivity contribution in [3.63, 3.8) is 0 Å². The standard InChI is InChI=1S/C22H22FN3O2/c23-19-7-3-15(4-8-19)13-25-21(27)18-2-1-11-26(14-18)22(28)17-6-5-16-9-10-24-20(16)12-17/h3-10,12,18,24H,1-2,11,13-14H2,(H,25,27). The molecule has 2 amide bonds. The Morgan fingerprint density at radius 1 is 1.14 bits per heavy atom. The van der Waals surface area contributed by atoms with Gasteiger partial charge in [-0.2, -0.15) is 0 Å². The van der Waals surface area contributed by atoms with E-state index in [4.69, 9.17) is 0 Å². The van der Waals surface area contributed by atoms with Gasteiger partial charge in [0, 0.05) is 36.9 Å². The van der Waals surface area contributed by atoms with Crippen molar-refractivity contribution in [3.05, 3.63) is 71.7 Å². The zero-order valence-electron chi connectivity index (χ0n) is 15.5. The summed E-state index contributed by atoms with van der Waals surface area (Å²) in [6.07, 6.45) is 3.40. The number of halogens is 1. The van der Waals surface area contributed by atoms with Crippen molar-refractivity contribution in [2.45, 2.75) is 19.4 Å². The first kappa shape index (κ1) is 18.2. The minimum Gasteiger partial charge on any atom is -0.361 e. The summed E-state index contributed by atoms with van der Waals surface area (Å²) in [7, 11) is 0. The lowest BCUT2D eigenvalue weighted by Gasteiger charge is -2.32. The number of fused-ring (bicyclic) bond motifs is 1. The van der Waals surface area contributed by atoms with Gasteiger partial charge >= 0.3 is 0 Å². The largest absolute Gasteiger partial charge is 0.361 e. The van der Waals surface area contributed by atoms with Gasteiger partial charge in [0.2, 0.25) is 5.91 Å². The highest BCUT2D eigenvalue weighted by Gasteiger charge is 2.28. The molecular formula is C22H22FN3O2. The van der Waals surface area contributed by atoms with Crippen LogP contribution in [-0.4, -0.2) is 34.8 Å². The zero-order chi connectivity index (χ0) is 19.5. The number of amides is 2. The summed E-state index contributed by atoms with van der Waals surface area (Å²) < 4.78 is 13.0. The Morgan fingerprint density at radius 3 is 2.79 bits per heavy atom. The van der Waals surface area contributed by atoms with E-state index in [1.165, 1.54) is 12.1 Å². The van der Waals surface area contributed by atoms with Gasteiger partial charge in [-0.25, -0.2) is 4.39 Å². The van der Waals surface area contributed by atoms with Crippen LogP contribution in [0.15, 0.2) is 54.7 Å². The summed E-state index contributed by atoms with van der Waals surface area (Å²) in [6, 6.07) is 13.6. The average molecular weight is 379 g/mol. The van der Waals surface area contributed by atoms with Crippen molar-refractivity contribution in [3.8, 4) is 0 Å². The van der Waals surface area contributed by atoms with Crippen LogP contribution in [0.3, 0.4) is 0 Å². The van der Waals surface area contributed by atoms with Crippen molar-refractivity contribution in [2.24, 2.45) is 5.92 Å². The lowest BCUT2D eigenvalue weighted by Crippen LogP contribution is -2.45. The van der Waals surface area contributed by atoms with Crippen LogP contribution in [0.4, 0.5) is 4.39 Å². The van der Waals surface area contributed by atoms with Gasteiger partial charge in [0.1, 0.15) is 5.82 Å². The van der Waals surface area contributed by atoms with Crippen LogP contribution < -0.4 is 5.32 Å². The van der Waals surface area contributed by atoms with Gasteiger partial charge in [0.05, 0.1) is 5.92 Å². The Kier molecular flexibility index (Phi) is 5.10. The normalized spacial score (nSPS) is 16.9. The monoisotopic (exact) mass is 379 g/mol.